The van der Waals surface area contributed by atoms with Crippen molar-refractivity contribution in [3.05, 3.63) is 246 Å². The summed E-state index contributed by atoms with van der Waals surface area (Å²) < 4.78 is 51.9. The van der Waals surface area contributed by atoms with Gasteiger partial charge in [0.1, 0.15) is 16.7 Å². The van der Waals surface area contributed by atoms with Gasteiger partial charge in [0, 0.05) is 180 Å². The number of nitrogens with zero attached hydrogens (tertiary/aromatic N) is 6. The molecular weight excluding hydrogens is 1860 g/mol. The Balaban J connectivity index is 0.000000366. The number of benzene rings is 4. The minimum absolute atomic E-state index is 0. The molecule has 1 aliphatic heterocycles. The standard InChI is InChI=1S/C27H30ClNO4S.C24H21ClN2O3.C13H20BrNO2S.C11H16N2O2S.CH3I.CH4.2HI.V/c1-17(16-34(32)27(2,3)4)22-14-25(30)29(5)15-24(22)21-12-11-20(33-6)13-23(21)26(31)18-7-9-19(28)10-8-18;1-3-14-4-9-17-19(10-14)24(15-5-7-16(25)8-6-15)26-21(12-23(29)30)18-11-22(28)27(2)13-20(17)18;1-9(8-18(17)13(2,3)4)10-6-12(16)15(5)7-11(10)14;1-11(2,3)16(15)12-8-9-5-6-13(4)10(14)7-9;1-2;;;;/h7-15,17H,16H2,1-6H3;4-11,13,21H,3,12H2,1-2H3,(H,29,30);6-7,9H,8H2,1-5H3;5-8H,1-4H3;1H3;1H4;2*1H;/q;;;;;;;;+2/p-2. The van der Waals surface area contributed by atoms with E-state index in [1.165, 1.54) is 36.6 Å². The summed E-state index contributed by atoms with van der Waals surface area (Å²) in [5.74, 6) is 0.296. The maximum absolute atomic E-state index is 13.5. The zero-order valence-corrected chi connectivity index (χ0v) is 74.5. The molecule has 6 unspecified atom stereocenters. The number of ketones is 1. The molecule has 0 fully saturated rings. The number of ether oxygens (including phenoxy) is 1. The number of carboxylic acids is 1. The number of carbonyl (C=O) groups is 2. The molecule has 0 bridgehead atoms. The Bertz CT molecular complexity index is 4680. The van der Waals surface area contributed by atoms with Crippen LogP contribution in [0.5, 0.6) is 5.75 Å². The molecule has 17 nitrogen and oxygen atoms in total. The zero-order chi connectivity index (χ0) is 77.8. The van der Waals surface area contributed by atoms with E-state index in [1.54, 1.807) is 127 Å². The third-order valence-electron chi connectivity index (χ3n) is 15.9. The molecule has 0 radical (unpaired) electrons. The van der Waals surface area contributed by atoms with E-state index in [4.69, 9.17) is 32.9 Å². The molecule has 1 aliphatic rings. The van der Waals surface area contributed by atoms with Gasteiger partial charge in [0.25, 0.3) is 22.2 Å². The van der Waals surface area contributed by atoms with Crippen LogP contribution in [0.1, 0.15) is 170 Å². The van der Waals surface area contributed by atoms with Crippen molar-refractivity contribution in [3.63, 3.8) is 0 Å². The molecule has 0 saturated carbocycles. The number of fused-ring (bicyclic) bond motifs is 3. The first-order valence-electron chi connectivity index (χ1n) is 32.3. The first kappa shape index (κ1) is 93.5. The molecule has 0 saturated heterocycles. The third kappa shape index (κ3) is 27.4. The van der Waals surface area contributed by atoms with Crippen LogP contribution in [0, 0.1) is 0 Å². The van der Waals surface area contributed by atoms with Crippen LogP contribution in [0.15, 0.2) is 173 Å². The van der Waals surface area contributed by atoms with Crippen molar-refractivity contribution in [3.8, 4) is 28.0 Å². The van der Waals surface area contributed by atoms with Crippen LogP contribution in [0.25, 0.3) is 22.3 Å². The number of rotatable bonds is 16. The molecule has 104 heavy (non-hydrogen) atoms. The van der Waals surface area contributed by atoms with Crippen LogP contribution < -0.4 is 27.0 Å². The molecule has 563 valence electrons. The van der Waals surface area contributed by atoms with Crippen LogP contribution in [0.3, 0.4) is 0 Å². The number of hydrogen-bond donors (Lipinski definition) is 1. The van der Waals surface area contributed by atoms with Crippen LogP contribution in [0.4, 0.5) is 0 Å². The van der Waals surface area contributed by atoms with E-state index in [9.17, 15) is 46.5 Å². The van der Waals surface area contributed by atoms with Crippen LogP contribution in [-0.4, -0.2) is 97.5 Å². The van der Waals surface area contributed by atoms with E-state index >= 15 is 0 Å². The number of pyridine rings is 4. The minimum atomic E-state index is -1.29. The summed E-state index contributed by atoms with van der Waals surface area (Å²) in [6, 6.07) is 32.9. The number of carboxylic acid groups (broad SMARTS) is 1. The number of aryl methyl sites for hydroxylation is 5. The number of halogens is 6. The molecule has 5 heterocycles. The number of aromatic nitrogens is 4. The number of aliphatic imine (C=N–C) groups is 1. The van der Waals surface area contributed by atoms with E-state index in [0.717, 1.165) is 55.4 Å². The number of hydrogen-bond acceptors (Lipinski definition) is 11. The Morgan fingerprint density at radius 2 is 1.12 bits per heavy atom. The average Bonchev–Trinajstić information content (AvgIpc) is 1.53. The quantitative estimate of drug-likeness (QED) is 0.0414. The fourth-order valence-electron chi connectivity index (χ4n) is 9.98. The Hall–Kier alpha value is -4.76. The van der Waals surface area contributed by atoms with Gasteiger partial charge in [-0.15, -0.1) is 0 Å². The van der Waals surface area contributed by atoms with Crippen molar-refractivity contribution in [2.24, 2.45) is 37.6 Å². The van der Waals surface area contributed by atoms with Crippen molar-refractivity contribution in [2.75, 3.05) is 23.5 Å². The summed E-state index contributed by atoms with van der Waals surface area (Å²) in [6.45, 7) is 23.3. The second kappa shape index (κ2) is 42.9. The summed E-state index contributed by atoms with van der Waals surface area (Å²) in [4.78, 5) is 79.9. The van der Waals surface area contributed by atoms with Gasteiger partial charge in [-0.1, -0.05) is 98.3 Å². The van der Waals surface area contributed by atoms with Crippen molar-refractivity contribution >= 4 is 158 Å². The van der Waals surface area contributed by atoms with Gasteiger partial charge in [0.2, 0.25) is 0 Å². The summed E-state index contributed by atoms with van der Waals surface area (Å²) >= 11 is 22.4. The van der Waals surface area contributed by atoms with E-state index in [0.29, 0.717) is 70.3 Å². The molecule has 9 rings (SSSR count). The predicted molar refractivity (Wildman–Crippen MR) is 461 cm³/mol. The van der Waals surface area contributed by atoms with Crippen molar-refractivity contribution in [2.45, 2.75) is 135 Å². The monoisotopic (exact) mass is 1960 g/mol. The van der Waals surface area contributed by atoms with E-state index < -0.39 is 44.6 Å². The fourth-order valence-corrected chi connectivity index (χ4v) is 13.8. The Morgan fingerprint density at radius 3 is 1.62 bits per heavy atom. The Labute approximate surface area is 680 Å². The molecule has 4 aromatic carbocycles. The number of methoxy groups -OCH3 is 1. The molecule has 8 aromatic rings. The van der Waals surface area contributed by atoms with Crippen molar-refractivity contribution in [1.82, 2.24) is 18.3 Å². The van der Waals surface area contributed by atoms with Gasteiger partial charge >= 0.3 is 55.4 Å². The predicted octanol–water partition coefficient (Wildman–Crippen LogP) is 17.8. The van der Waals surface area contributed by atoms with E-state index in [1.807, 2.05) is 105 Å². The Morgan fingerprint density at radius 1 is 0.644 bits per heavy atom. The number of aliphatic carboxylic acids is 1. The summed E-state index contributed by atoms with van der Waals surface area (Å²) in [5.41, 5.74) is 10.2. The summed E-state index contributed by atoms with van der Waals surface area (Å²) in [5, 5.41) is 10.7. The molecule has 6 atom stereocenters. The summed E-state index contributed by atoms with van der Waals surface area (Å²) in [7, 11) is 5.63. The van der Waals surface area contributed by atoms with Gasteiger partial charge < -0.3 is 28.1 Å². The SMILES string of the molecule is C.CC(CS(=O)C(C)(C)C)c1cc(=O)n(C)cc1Br.CCc1ccc2c(c1)C(c1ccc(Cl)cc1)=NC(CC(=O)O)c1cc(=O)n(C)cc1-2.CI.COc1ccc(-c2cn(C)c(=O)cc2C(C)CS(=O)C(C)(C)C)c(C(=O)c2ccc(Cl)cc2)c1.Cn1ccc(C=NS(=O)C(C)(C)C)cc1=O.[I][V][I]. The normalized spacial score (nSPS) is 13.8. The average molecular weight is 1960 g/mol. The van der Waals surface area contributed by atoms with Crippen molar-refractivity contribution < 1.29 is 41.5 Å². The Kier molecular flexibility index (Phi) is 38.5. The molecule has 1 N–H and O–H groups in total. The number of alkyl halides is 1. The van der Waals surface area contributed by atoms with Gasteiger partial charge in [-0.25, -0.2) is 4.21 Å². The van der Waals surface area contributed by atoms with Gasteiger partial charge in [-0.3, -0.25) is 42.2 Å². The maximum atomic E-state index is 13.5. The topological polar surface area (TPSA) is 228 Å². The van der Waals surface area contributed by atoms with E-state index in [2.05, 4.69) is 102 Å². The first-order valence-corrected chi connectivity index (χ1v) is 48.7. The second-order valence-corrected chi connectivity index (χ2v) is 46.9. The molecule has 4 aromatic heterocycles. The van der Waals surface area contributed by atoms with Gasteiger partial charge in [0.15, 0.2) is 5.78 Å². The fraction of sp³-hybridized carbons (Fsp3) is 0.377. The van der Waals surface area contributed by atoms with Crippen LogP contribution in [0.2, 0.25) is 10.0 Å². The van der Waals surface area contributed by atoms with Gasteiger partial charge in [0.05, 0.1) is 30.0 Å². The first-order chi connectivity index (χ1) is 48.1. The molecular formula is C77H94BrCl2I3N6O11S3V. The molecule has 0 amide bonds. The second-order valence-electron chi connectivity index (χ2n) is 26.9. The molecule has 27 heteroatoms. The summed E-state index contributed by atoms with van der Waals surface area (Å²) in [6.07, 6.45) is 9.07. The zero-order valence-electron chi connectivity index (χ0n) is 61.1. The van der Waals surface area contributed by atoms with Crippen LogP contribution >= 0.6 is 102 Å². The molecule has 0 spiro atoms. The van der Waals surface area contributed by atoms with Gasteiger partial charge in [-0.2, -0.15) is 4.40 Å². The molecule has 0 aliphatic carbocycles. The number of carbonyl (C=O) groups excluding carboxylic acids is 1. The van der Waals surface area contributed by atoms with E-state index in [-0.39, 0.29) is 67.9 Å². The van der Waals surface area contributed by atoms with Crippen molar-refractivity contribution in [1.29, 1.82) is 0 Å². The van der Waals surface area contributed by atoms with Crippen LogP contribution in [-0.2, 0) is 81.5 Å². The van der Waals surface area contributed by atoms with Gasteiger partial charge in [-0.05, 0) is 202 Å². The third-order valence-corrected chi connectivity index (χ3v) is 22.8.